The zero-order valence-electron chi connectivity index (χ0n) is 10.4. The highest BCUT2D eigenvalue weighted by Crippen LogP contribution is 2.20. The van der Waals surface area contributed by atoms with Crippen molar-refractivity contribution in [3.8, 4) is 0 Å². The van der Waals surface area contributed by atoms with Gasteiger partial charge in [-0.05, 0) is 49.9 Å². The molecule has 1 aromatic rings. The Hall–Kier alpha value is -1.03. The maximum absolute atomic E-state index is 11.3. The molecule has 0 atom stereocenters. The summed E-state index contributed by atoms with van der Waals surface area (Å²) < 4.78 is 22.7. The predicted molar refractivity (Wildman–Crippen MR) is 71.2 cm³/mol. The molecule has 1 aromatic carbocycles. The number of anilines is 1. The van der Waals surface area contributed by atoms with Gasteiger partial charge in [0.05, 0.1) is 11.5 Å². The van der Waals surface area contributed by atoms with Crippen LogP contribution in [-0.2, 0) is 9.84 Å². The summed E-state index contributed by atoms with van der Waals surface area (Å²) in [5.41, 5.74) is 3.57. The normalized spacial score (nSPS) is 20.1. The van der Waals surface area contributed by atoms with E-state index in [2.05, 4.69) is 37.4 Å². The predicted octanol–water partition coefficient (Wildman–Crippen LogP) is 2.29. The van der Waals surface area contributed by atoms with Gasteiger partial charge in [-0.1, -0.05) is 6.07 Å². The summed E-state index contributed by atoms with van der Waals surface area (Å²) in [5, 5.41) is 3.44. The van der Waals surface area contributed by atoms with Gasteiger partial charge < -0.3 is 5.32 Å². The molecule has 3 nitrogen and oxygen atoms in total. The lowest BCUT2D eigenvalue weighted by Gasteiger charge is -2.24. The third-order valence-corrected chi connectivity index (χ3v) is 4.86. The summed E-state index contributed by atoms with van der Waals surface area (Å²) in [7, 11) is -2.76. The Bertz CT molecular complexity index is 474. The first kappa shape index (κ1) is 12.4. The van der Waals surface area contributed by atoms with Crippen LogP contribution in [0, 0.1) is 13.8 Å². The second-order valence-electron chi connectivity index (χ2n) is 4.95. The van der Waals surface area contributed by atoms with Crippen molar-refractivity contribution in [2.45, 2.75) is 32.7 Å². The monoisotopic (exact) mass is 253 g/mol. The minimum atomic E-state index is -2.76. The van der Waals surface area contributed by atoms with E-state index < -0.39 is 9.84 Å². The first-order valence-corrected chi connectivity index (χ1v) is 7.82. The smallest absolute Gasteiger partial charge is 0.150 e. The molecule has 0 aromatic heterocycles. The zero-order chi connectivity index (χ0) is 12.5. The van der Waals surface area contributed by atoms with Crippen molar-refractivity contribution in [3.63, 3.8) is 0 Å². The Labute approximate surface area is 103 Å². The van der Waals surface area contributed by atoms with Crippen LogP contribution in [0.3, 0.4) is 0 Å². The van der Waals surface area contributed by atoms with Crippen molar-refractivity contribution in [2.24, 2.45) is 0 Å². The molecule has 1 N–H and O–H groups in total. The van der Waals surface area contributed by atoms with Crippen molar-refractivity contribution in [3.05, 3.63) is 29.3 Å². The summed E-state index contributed by atoms with van der Waals surface area (Å²) >= 11 is 0. The molecule has 0 aliphatic carbocycles. The molecule has 1 fully saturated rings. The Morgan fingerprint density at radius 1 is 1.06 bits per heavy atom. The van der Waals surface area contributed by atoms with E-state index in [1.54, 1.807) is 0 Å². The lowest BCUT2D eigenvalue weighted by atomic mass is 10.1. The van der Waals surface area contributed by atoms with Crippen LogP contribution in [0.15, 0.2) is 18.2 Å². The Balaban J connectivity index is 2.02. The Morgan fingerprint density at radius 3 is 2.12 bits per heavy atom. The SMILES string of the molecule is Cc1cc(C)cc(NC2CCS(=O)(=O)CC2)c1. The molecule has 0 unspecified atom stereocenters. The van der Waals surface area contributed by atoms with Crippen LogP contribution in [0.4, 0.5) is 5.69 Å². The molecule has 2 rings (SSSR count). The molecule has 0 saturated carbocycles. The van der Waals surface area contributed by atoms with Gasteiger partial charge in [-0.15, -0.1) is 0 Å². The fraction of sp³-hybridized carbons (Fsp3) is 0.538. The molecule has 1 aliphatic rings. The number of hydrogen-bond donors (Lipinski definition) is 1. The van der Waals surface area contributed by atoms with E-state index in [4.69, 9.17) is 0 Å². The van der Waals surface area contributed by atoms with Crippen LogP contribution in [0.5, 0.6) is 0 Å². The maximum Gasteiger partial charge on any atom is 0.150 e. The van der Waals surface area contributed by atoms with Crippen LogP contribution in [-0.4, -0.2) is 26.0 Å². The van der Waals surface area contributed by atoms with E-state index in [1.807, 2.05) is 0 Å². The fourth-order valence-electron chi connectivity index (χ4n) is 2.33. The fourth-order valence-corrected chi connectivity index (χ4v) is 3.82. The highest BCUT2D eigenvalue weighted by Gasteiger charge is 2.23. The molecular weight excluding hydrogens is 234 g/mol. The van der Waals surface area contributed by atoms with Gasteiger partial charge in [0, 0.05) is 11.7 Å². The molecule has 0 amide bonds. The summed E-state index contributed by atoms with van der Waals surface area (Å²) in [6.45, 7) is 4.15. The zero-order valence-corrected chi connectivity index (χ0v) is 11.2. The van der Waals surface area contributed by atoms with Crippen LogP contribution >= 0.6 is 0 Å². The van der Waals surface area contributed by atoms with Gasteiger partial charge in [0.2, 0.25) is 0 Å². The van der Waals surface area contributed by atoms with Crippen molar-refractivity contribution < 1.29 is 8.42 Å². The van der Waals surface area contributed by atoms with Gasteiger partial charge in [0.1, 0.15) is 9.84 Å². The van der Waals surface area contributed by atoms with Crippen molar-refractivity contribution >= 4 is 15.5 Å². The van der Waals surface area contributed by atoms with E-state index in [9.17, 15) is 8.42 Å². The number of hydrogen-bond acceptors (Lipinski definition) is 3. The first-order valence-electron chi connectivity index (χ1n) is 6.00. The summed E-state index contributed by atoms with van der Waals surface area (Å²) in [6, 6.07) is 6.64. The van der Waals surface area contributed by atoms with Crippen LogP contribution in [0.25, 0.3) is 0 Å². The van der Waals surface area contributed by atoms with Crippen LogP contribution in [0.1, 0.15) is 24.0 Å². The molecule has 1 aliphatic heterocycles. The van der Waals surface area contributed by atoms with Gasteiger partial charge in [-0.25, -0.2) is 8.42 Å². The van der Waals surface area contributed by atoms with Gasteiger partial charge in [0.15, 0.2) is 0 Å². The maximum atomic E-state index is 11.3. The molecule has 17 heavy (non-hydrogen) atoms. The van der Waals surface area contributed by atoms with E-state index in [1.165, 1.54) is 11.1 Å². The molecule has 94 valence electrons. The second kappa shape index (κ2) is 4.69. The number of rotatable bonds is 2. The number of nitrogens with one attached hydrogen (secondary N) is 1. The topological polar surface area (TPSA) is 46.2 Å². The quantitative estimate of drug-likeness (QED) is 0.879. The number of benzene rings is 1. The first-order chi connectivity index (χ1) is 7.94. The molecule has 4 heteroatoms. The molecule has 0 spiro atoms. The van der Waals surface area contributed by atoms with Gasteiger partial charge in [-0.2, -0.15) is 0 Å². The lowest BCUT2D eigenvalue weighted by molar-refractivity contribution is 0.559. The minimum absolute atomic E-state index is 0.291. The second-order valence-corrected chi connectivity index (χ2v) is 7.25. The van der Waals surface area contributed by atoms with Crippen molar-refractivity contribution in [1.29, 1.82) is 0 Å². The van der Waals surface area contributed by atoms with Crippen LogP contribution in [0.2, 0.25) is 0 Å². The van der Waals surface area contributed by atoms with E-state index in [0.717, 1.165) is 18.5 Å². The number of sulfone groups is 1. The number of aryl methyl sites for hydroxylation is 2. The highest BCUT2D eigenvalue weighted by atomic mass is 32.2. The average Bonchev–Trinajstić information content (AvgIpc) is 2.20. The van der Waals surface area contributed by atoms with E-state index in [0.29, 0.717) is 17.5 Å². The molecule has 1 saturated heterocycles. The summed E-state index contributed by atoms with van der Waals surface area (Å²) in [6.07, 6.45) is 1.44. The van der Waals surface area contributed by atoms with E-state index in [-0.39, 0.29) is 0 Å². The van der Waals surface area contributed by atoms with Gasteiger partial charge in [0.25, 0.3) is 0 Å². The molecular formula is C13H19NO2S. The molecule has 1 heterocycles. The summed E-state index contributed by atoms with van der Waals surface area (Å²) in [4.78, 5) is 0. The standard InChI is InChI=1S/C13H19NO2S/c1-10-7-11(2)9-13(8-10)14-12-3-5-17(15,16)6-4-12/h7-9,12,14H,3-6H2,1-2H3. The van der Waals surface area contributed by atoms with Crippen molar-refractivity contribution in [1.82, 2.24) is 0 Å². The average molecular weight is 253 g/mol. The van der Waals surface area contributed by atoms with Gasteiger partial charge >= 0.3 is 0 Å². The van der Waals surface area contributed by atoms with Gasteiger partial charge in [-0.3, -0.25) is 0 Å². The minimum Gasteiger partial charge on any atom is -0.382 e. The molecule has 0 bridgehead atoms. The lowest BCUT2D eigenvalue weighted by Crippen LogP contribution is -2.32. The van der Waals surface area contributed by atoms with Crippen LogP contribution < -0.4 is 5.32 Å². The summed E-state index contributed by atoms with van der Waals surface area (Å²) in [5.74, 6) is 0.630. The Kier molecular flexibility index (Phi) is 3.43. The largest absolute Gasteiger partial charge is 0.382 e. The van der Waals surface area contributed by atoms with Crippen molar-refractivity contribution in [2.75, 3.05) is 16.8 Å². The highest BCUT2D eigenvalue weighted by molar-refractivity contribution is 7.91. The third kappa shape index (κ3) is 3.46. The van der Waals surface area contributed by atoms with E-state index >= 15 is 0 Å². The Morgan fingerprint density at radius 2 is 1.59 bits per heavy atom. The third-order valence-electron chi connectivity index (χ3n) is 3.15. The molecule has 0 radical (unpaired) electrons.